The van der Waals surface area contributed by atoms with Crippen molar-refractivity contribution in [1.82, 2.24) is 10.2 Å². The summed E-state index contributed by atoms with van der Waals surface area (Å²) in [4.78, 5) is 0. The highest BCUT2D eigenvalue weighted by Gasteiger charge is 2.15. The summed E-state index contributed by atoms with van der Waals surface area (Å²) in [5.74, 6) is 0.293. The van der Waals surface area contributed by atoms with Crippen LogP contribution in [0.5, 0.6) is 5.88 Å². The predicted octanol–water partition coefficient (Wildman–Crippen LogP) is 3.11. The van der Waals surface area contributed by atoms with Gasteiger partial charge in [0.1, 0.15) is 17.7 Å². The van der Waals surface area contributed by atoms with Gasteiger partial charge < -0.3 is 4.74 Å². The lowest BCUT2D eigenvalue weighted by Gasteiger charge is -2.15. The van der Waals surface area contributed by atoms with Gasteiger partial charge in [-0.3, -0.25) is 0 Å². The molecule has 0 fully saturated rings. The number of rotatable bonds is 3. The number of aromatic nitrogens is 2. The average Bonchev–Trinajstić information content (AvgIpc) is 2.44. The van der Waals surface area contributed by atoms with Gasteiger partial charge in [-0.2, -0.15) is 10.4 Å². The number of hydrogen-bond acceptors (Lipinski definition) is 4. The molecule has 4 heteroatoms. The third-order valence-corrected chi connectivity index (χ3v) is 3.09. The fourth-order valence-corrected chi connectivity index (χ4v) is 1.76. The van der Waals surface area contributed by atoms with Crippen molar-refractivity contribution in [3.05, 3.63) is 52.7 Å². The molecule has 1 aromatic carbocycles. The molecule has 0 amide bonds. The van der Waals surface area contributed by atoms with Crippen molar-refractivity contribution >= 4 is 0 Å². The summed E-state index contributed by atoms with van der Waals surface area (Å²) in [6.45, 7) is 5.60. The van der Waals surface area contributed by atoms with Crippen LogP contribution < -0.4 is 4.74 Å². The van der Waals surface area contributed by atoms with E-state index in [1.165, 1.54) is 0 Å². The van der Waals surface area contributed by atoms with Crippen LogP contribution in [0.15, 0.2) is 30.3 Å². The zero-order valence-corrected chi connectivity index (χ0v) is 11.2. The van der Waals surface area contributed by atoms with Crippen molar-refractivity contribution in [2.24, 2.45) is 0 Å². The molecule has 0 aliphatic carbocycles. The van der Waals surface area contributed by atoms with Gasteiger partial charge in [-0.05, 0) is 31.9 Å². The van der Waals surface area contributed by atoms with Crippen LogP contribution in [0, 0.1) is 25.2 Å². The van der Waals surface area contributed by atoms with Crippen molar-refractivity contribution in [3.8, 4) is 11.9 Å². The molecular formula is C15H15N3O. The molecule has 2 rings (SSSR count). The van der Waals surface area contributed by atoms with E-state index in [1.807, 2.05) is 51.1 Å². The molecule has 0 aliphatic rings. The first-order chi connectivity index (χ1) is 9.13. The standard InChI is InChI=1S/C15H15N3O/c1-10-11(2)17-18-15(14(10)9-16)19-12(3)13-7-5-4-6-8-13/h4-8,12H,1-3H3. The zero-order chi connectivity index (χ0) is 13.8. The Hall–Kier alpha value is -2.41. The molecule has 0 spiro atoms. The smallest absolute Gasteiger partial charge is 0.252 e. The van der Waals surface area contributed by atoms with Crippen LogP contribution in [0.2, 0.25) is 0 Å². The highest BCUT2D eigenvalue weighted by atomic mass is 16.5. The maximum absolute atomic E-state index is 9.21. The third kappa shape index (κ3) is 2.71. The predicted molar refractivity (Wildman–Crippen MR) is 71.7 cm³/mol. The van der Waals surface area contributed by atoms with Crippen molar-refractivity contribution in [1.29, 1.82) is 5.26 Å². The number of nitriles is 1. The SMILES string of the molecule is Cc1nnc(OC(C)c2ccccc2)c(C#N)c1C. The molecule has 19 heavy (non-hydrogen) atoms. The van der Waals surface area contributed by atoms with Crippen molar-refractivity contribution < 1.29 is 4.74 Å². The molecule has 1 unspecified atom stereocenters. The summed E-state index contributed by atoms with van der Waals surface area (Å²) in [5.41, 5.74) is 3.05. The highest BCUT2D eigenvalue weighted by Crippen LogP contribution is 2.24. The van der Waals surface area contributed by atoms with Gasteiger partial charge >= 0.3 is 0 Å². The van der Waals surface area contributed by atoms with E-state index in [0.29, 0.717) is 11.4 Å². The average molecular weight is 253 g/mol. The summed E-state index contributed by atoms with van der Waals surface area (Å²) >= 11 is 0. The van der Waals surface area contributed by atoms with Crippen molar-refractivity contribution in [3.63, 3.8) is 0 Å². The van der Waals surface area contributed by atoms with Crippen molar-refractivity contribution in [2.45, 2.75) is 26.9 Å². The molecule has 4 nitrogen and oxygen atoms in total. The van der Waals surface area contributed by atoms with Gasteiger partial charge in [-0.25, -0.2) is 0 Å². The van der Waals surface area contributed by atoms with E-state index in [1.54, 1.807) is 0 Å². The Morgan fingerprint density at radius 3 is 2.47 bits per heavy atom. The number of hydrogen-bond donors (Lipinski definition) is 0. The molecule has 0 radical (unpaired) electrons. The van der Waals surface area contributed by atoms with Crippen LogP contribution in [0.3, 0.4) is 0 Å². The van der Waals surface area contributed by atoms with Crippen LogP contribution in [-0.4, -0.2) is 10.2 Å². The monoisotopic (exact) mass is 253 g/mol. The first kappa shape index (κ1) is 13.0. The van der Waals surface area contributed by atoms with E-state index in [-0.39, 0.29) is 6.10 Å². The highest BCUT2D eigenvalue weighted by molar-refractivity contribution is 5.45. The Balaban J connectivity index is 2.30. The summed E-state index contributed by atoms with van der Waals surface area (Å²) < 4.78 is 5.76. The zero-order valence-electron chi connectivity index (χ0n) is 11.2. The van der Waals surface area contributed by atoms with Gasteiger partial charge in [0.15, 0.2) is 0 Å². The summed E-state index contributed by atoms with van der Waals surface area (Å²) in [6.07, 6.45) is -0.176. The molecule has 0 bridgehead atoms. The van der Waals surface area contributed by atoms with Crippen LogP contribution in [0.25, 0.3) is 0 Å². The molecule has 0 saturated carbocycles. The van der Waals surface area contributed by atoms with E-state index in [9.17, 15) is 5.26 Å². The van der Waals surface area contributed by atoms with Crippen LogP contribution in [-0.2, 0) is 0 Å². The van der Waals surface area contributed by atoms with E-state index in [0.717, 1.165) is 16.8 Å². The number of ether oxygens (including phenoxy) is 1. The minimum absolute atomic E-state index is 0.176. The van der Waals surface area contributed by atoms with Crippen LogP contribution in [0.4, 0.5) is 0 Å². The van der Waals surface area contributed by atoms with Gasteiger partial charge in [0.2, 0.25) is 0 Å². The van der Waals surface area contributed by atoms with Crippen LogP contribution >= 0.6 is 0 Å². The quantitative estimate of drug-likeness (QED) is 0.843. The lowest BCUT2D eigenvalue weighted by molar-refractivity contribution is 0.214. The summed E-state index contributed by atoms with van der Waals surface area (Å²) in [5, 5.41) is 17.2. The Kier molecular flexibility index (Phi) is 3.76. The minimum Gasteiger partial charge on any atom is -0.468 e. The molecule has 0 aliphatic heterocycles. The number of nitrogens with zero attached hydrogens (tertiary/aromatic N) is 3. The Labute approximate surface area is 112 Å². The largest absolute Gasteiger partial charge is 0.468 e. The maximum atomic E-state index is 9.21. The third-order valence-electron chi connectivity index (χ3n) is 3.09. The Bertz CT molecular complexity index is 617. The van der Waals surface area contributed by atoms with Gasteiger partial charge in [0.05, 0.1) is 5.69 Å². The minimum atomic E-state index is -0.176. The second-order valence-corrected chi connectivity index (χ2v) is 4.37. The number of benzene rings is 1. The fourth-order valence-electron chi connectivity index (χ4n) is 1.76. The van der Waals surface area contributed by atoms with Crippen LogP contribution in [0.1, 0.15) is 35.4 Å². The maximum Gasteiger partial charge on any atom is 0.252 e. The van der Waals surface area contributed by atoms with E-state index in [2.05, 4.69) is 16.3 Å². The molecule has 0 N–H and O–H groups in total. The second kappa shape index (κ2) is 5.49. The Morgan fingerprint density at radius 1 is 1.16 bits per heavy atom. The summed E-state index contributed by atoms with van der Waals surface area (Å²) in [6, 6.07) is 11.9. The first-order valence-electron chi connectivity index (χ1n) is 6.09. The topological polar surface area (TPSA) is 58.8 Å². The molecule has 1 heterocycles. The summed E-state index contributed by atoms with van der Waals surface area (Å²) in [7, 11) is 0. The van der Waals surface area contributed by atoms with E-state index < -0.39 is 0 Å². The lowest BCUT2D eigenvalue weighted by Crippen LogP contribution is -2.08. The molecule has 1 atom stereocenters. The van der Waals surface area contributed by atoms with Crippen molar-refractivity contribution in [2.75, 3.05) is 0 Å². The first-order valence-corrected chi connectivity index (χ1v) is 6.09. The molecule has 2 aromatic rings. The van der Waals surface area contributed by atoms with Gasteiger partial charge in [0, 0.05) is 0 Å². The van der Waals surface area contributed by atoms with Gasteiger partial charge in [-0.15, -0.1) is 5.10 Å². The van der Waals surface area contributed by atoms with E-state index in [4.69, 9.17) is 4.74 Å². The van der Waals surface area contributed by atoms with Gasteiger partial charge in [0.25, 0.3) is 5.88 Å². The molecular weight excluding hydrogens is 238 g/mol. The lowest BCUT2D eigenvalue weighted by atomic mass is 10.1. The molecule has 96 valence electrons. The molecule has 1 aromatic heterocycles. The Morgan fingerprint density at radius 2 is 1.84 bits per heavy atom. The normalized spacial score (nSPS) is 11.7. The van der Waals surface area contributed by atoms with E-state index >= 15 is 0 Å². The molecule has 0 saturated heterocycles. The fraction of sp³-hybridized carbons (Fsp3) is 0.267. The second-order valence-electron chi connectivity index (χ2n) is 4.37. The van der Waals surface area contributed by atoms with Gasteiger partial charge in [-0.1, -0.05) is 30.3 Å². The number of aryl methyl sites for hydroxylation is 1.